The fourth-order valence-corrected chi connectivity index (χ4v) is 2.63. The average molecular weight is 227 g/mol. The molecule has 0 radical (unpaired) electrons. The molecule has 0 spiro atoms. The van der Waals surface area contributed by atoms with E-state index in [0.29, 0.717) is 12.0 Å². The first-order valence-electron chi connectivity index (χ1n) is 5.40. The normalized spacial score (nSPS) is 15.5. The molecule has 2 unspecified atom stereocenters. The molecular weight excluding hydrogens is 206 g/mol. The second kappa shape index (κ2) is 6.26. The Morgan fingerprint density at radius 2 is 2.20 bits per heavy atom. The van der Waals surface area contributed by atoms with Crippen molar-refractivity contribution in [1.29, 1.82) is 0 Å². The maximum Gasteiger partial charge on any atom is 0.0750 e. The average Bonchev–Trinajstić information content (AvgIpc) is 2.69. The van der Waals surface area contributed by atoms with E-state index in [0.717, 1.165) is 6.42 Å². The van der Waals surface area contributed by atoms with Crippen molar-refractivity contribution in [3.8, 4) is 0 Å². The molecule has 2 atom stereocenters. The third kappa shape index (κ3) is 3.59. The number of hydrogen-bond acceptors (Lipinski definition) is 3. The van der Waals surface area contributed by atoms with E-state index in [1.165, 1.54) is 5.56 Å². The summed E-state index contributed by atoms with van der Waals surface area (Å²) in [6.07, 6.45) is 1.31. The predicted molar refractivity (Wildman–Crippen MR) is 66.5 cm³/mol. The molecule has 1 aromatic heterocycles. The molecule has 0 saturated heterocycles. The molecule has 0 fully saturated rings. The van der Waals surface area contributed by atoms with E-state index in [1.807, 2.05) is 7.05 Å². The summed E-state index contributed by atoms with van der Waals surface area (Å²) in [6, 6.07) is 2.58. The second-order valence-corrected chi connectivity index (χ2v) is 4.96. The SMILES string of the molecule is CNC(Cc1ccsc1)C(OC)C(C)C. The van der Waals surface area contributed by atoms with Crippen LogP contribution in [0.25, 0.3) is 0 Å². The van der Waals surface area contributed by atoms with Crippen LogP contribution in [0, 0.1) is 5.92 Å². The molecule has 1 aromatic rings. The molecule has 1 heterocycles. The zero-order valence-electron chi connectivity index (χ0n) is 9.99. The van der Waals surface area contributed by atoms with Gasteiger partial charge in [0.25, 0.3) is 0 Å². The molecule has 86 valence electrons. The van der Waals surface area contributed by atoms with Gasteiger partial charge < -0.3 is 10.1 Å². The summed E-state index contributed by atoms with van der Waals surface area (Å²) in [7, 11) is 3.80. The maximum absolute atomic E-state index is 5.55. The van der Waals surface area contributed by atoms with Crippen molar-refractivity contribution in [3.63, 3.8) is 0 Å². The smallest absolute Gasteiger partial charge is 0.0750 e. The highest BCUT2D eigenvalue weighted by atomic mass is 32.1. The van der Waals surface area contributed by atoms with Gasteiger partial charge in [-0.25, -0.2) is 0 Å². The molecular formula is C12H21NOS. The molecule has 0 aliphatic rings. The van der Waals surface area contributed by atoms with Crippen LogP contribution in [0.5, 0.6) is 0 Å². The lowest BCUT2D eigenvalue weighted by atomic mass is 9.95. The van der Waals surface area contributed by atoms with Gasteiger partial charge in [0, 0.05) is 13.2 Å². The largest absolute Gasteiger partial charge is 0.380 e. The highest BCUT2D eigenvalue weighted by molar-refractivity contribution is 7.07. The molecule has 0 bridgehead atoms. The van der Waals surface area contributed by atoms with Crippen LogP contribution in [0.3, 0.4) is 0 Å². The minimum atomic E-state index is 0.273. The van der Waals surface area contributed by atoms with Gasteiger partial charge in [-0.2, -0.15) is 11.3 Å². The molecule has 0 aromatic carbocycles. The van der Waals surface area contributed by atoms with E-state index in [4.69, 9.17) is 4.74 Å². The van der Waals surface area contributed by atoms with Crippen molar-refractivity contribution in [1.82, 2.24) is 5.32 Å². The van der Waals surface area contributed by atoms with Crippen LogP contribution in [0.1, 0.15) is 19.4 Å². The highest BCUT2D eigenvalue weighted by Gasteiger charge is 2.23. The molecule has 0 amide bonds. The van der Waals surface area contributed by atoms with Gasteiger partial charge in [-0.15, -0.1) is 0 Å². The fraction of sp³-hybridized carbons (Fsp3) is 0.667. The Morgan fingerprint density at radius 1 is 1.47 bits per heavy atom. The Hall–Kier alpha value is -0.380. The Bertz CT molecular complexity index is 259. The van der Waals surface area contributed by atoms with Gasteiger partial charge in [-0.3, -0.25) is 0 Å². The summed E-state index contributed by atoms with van der Waals surface area (Å²) in [5.74, 6) is 0.533. The Kier molecular flexibility index (Phi) is 5.29. The number of rotatable bonds is 6. The van der Waals surface area contributed by atoms with E-state index in [1.54, 1.807) is 18.4 Å². The topological polar surface area (TPSA) is 21.3 Å². The van der Waals surface area contributed by atoms with Crippen molar-refractivity contribution in [2.45, 2.75) is 32.4 Å². The van der Waals surface area contributed by atoms with Crippen LogP contribution < -0.4 is 5.32 Å². The molecule has 1 N–H and O–H groups in total. The van der Waals surface area contributed by atoms with Crippen LogP contribution in [0.4, 0.5) is 0 Å². The van der Waals surface area contributed by atoms with Gasteiger partial charge in [-0.1, -0.05) is 13.8 Å². The molecule has 15 heavy (non-hydrogen) atoms. The van der Waals surface area contributed by atoms with E-state index >= 15 is 0 Å². The lowest BCUT2D eigenvalue weighted by Crippen LogP contribution is -2.43. The molecule has 0 aliphatic carbocycles. The van der Waals surface area contributed by atoms with E-state index in [2.05, 4.69) is 36.0 Å². The van der Waals surface area contributed by atoms with Crippen LogP contribution in [-0.4, -0.2) is 26.3 Å². The summed E-state index contributed by atoms with van der Waals surface area (Å²) >= 11 is 1.75. The number of thiophene rings is 1. The van der Waals surface area contributed by atoms with Gasteiger partial charge >= 0.3 is 0 Å². The molecule has 0 aliphatic heterocycles. The number of likely N-dealkylation sites (N-methyl/N-ethyl adjacent to an activating group) is 1. The van der Waals surface area contributed by atoms with Gasteiger partial charge in [0.1, 0.15) is 0 Å². The zero-order chi connectivity index (χ0) is 11.3. The zero-order valence-corrected chi connectivity index (χ0v) is 10.8. The highest BCUT2D eigenvalue weighted by Crippen LogP contribution is 2.16. The lowest BCUT2D eigenvalue weighted by molar-refractivity contribution is 0.0354. The Balaban J connectivity index is 2.61. The minimum absolute atomic E-state index is 0.273. The van der Waals surface area contributed by atoms with Gasteiger partial charge in [0.05, 0.1) is 6.10 Å². The summed E-state index contributed by atoms with van der Waals surface area (Å²) < 4.78 is 5.55. The van der Waals surface area contributed by atoms with Crippen molar-refractivity contribution >= 4 is 11.3 Å². The maximum atomic E-state index is 5.55. The first-order valence-corrected chi connectivity index (χ1v) is 6.34. The molecule has 2 nitrogen and oxygen atoms in total. The monoisotopic (exact) mass is 227 g/mol. The van der Waals surface area contributed by atoms with Crippen molar-refractivity contribution < 1.29 is 4.74 Å². The molecule has 3 heteroatoms. The first kappa shape index (κ1) is 12.7. The Morgan fingerprint density at radius 3 is 2.60 bits per heavy atom. The Labute approximate surface area is 96.7 Å². The first-order chi connectivity index (χ1) is 7.19. The second-order valence-electron chi connectivity index (χ2n) is 4.18. The molecule has 0 saturated carbocycles. The number of nitrogens with one attached hydrogen (secondary N) is 1. The van der Waals surface area contributed by atoms with Crippen molar-refractivity contribution in [2.24, 2.45) is 5.92 Å². The summed E-state index contributed by atoms with van der Waals surface area (Å²) in [5.41, 5.74) is 1.39. The van der Waals surface area contributed by atoms with Crippen molar-refractivity contribution in [3.05, 3.63) is 22.4 Å². The number of ether oxygens (including phenoxy) is 1. The summed E-state index contributed by atoms with van der Waals surface area (Å²) in [6.45, 7) is 4.40. The molecule has 1 rings (SSSR count). The van der Waals surface area contributed by atoms with E-state index in [-0.39, 0.29) is 6.10 Å². The van der Waals surface area contributed by atoms with Gasteiger partial charge in [0.2, 0.25) is 0 Å². The number of methoxy groups -OCH3 is 1. The summed E-state index contributed by atoms with van der Waals surface area (Å²) in [5, 5.41) is 7.68. The predicted octanol–water partition coefficient (Wildman–Crippen LogP) is 2.55. The van der Waals surface area contributed by atoms with E-state index < -0.39 is 0 Å². The van der Waals surface area contributed by atoms with Crippen molar-refractivity contribution in [2.75, 3.05) is 14.2 Å². The third-order valence-corrected chi connectivity index (χ3v) is 3.46. The van der Waals surface area contributed by atoms with Crippen LogP contribution >= 0.6 is 11.3 Å². The van der Waals surface area contributed by atoms with Crippen LogP contribution in [0.15, 0.2) is 16.8 Å². The fourth-order valence-electron chi connectivity index (χ4n) is 1.95. The lowest BCUT2D eigenvalue weighted by Gasteiger charge is -2.28. The van der Waals surface area contributed by atoms with Crippen LogP contribution in [0.2, 0.25) is 0 Å². The van der Waals surface area contributed by atoms with E-state index in [9.17, 15) is 0 Å². The minimum Gasteiger partial charge on any atom is -0.380 e. The van der Waals surface area contributed by atoms with Crippen LogP contribution in [-0.2, 0) is 11.2 Å². The third-order valence-electron chi connectivity index (χ3n) is 2.73. The van der Waals surface area contributed by atoms with Gasteiger partial charge in [0.15, 0.2) is 0 Å². The van der Waals surface area contributed by atoms with Gasteiger partial charge in [-0.05, 0) is 41.8 Å². The number of hydrogen-bond donors (Lipinski definition) is 1. The quantitative estimate of drug-likeness (QED) is 0.806. The standard InChI is InChI=1S/C12H21NOS/c1-9(2)12(14-4)11(13-3)7-10-5-6-15-8-10/h5-6,8-9,11-13H,7H2,1-4H3. The summed E-state index contributed by atoms with van der Waals surface area (Å²) in [4.78, 5) is 0.